The standard InChI is InChI=1S/C17H27NOS/c1-2-6-15(16-7-5-12-20-16)18-14-8-11-19-17(13-14)9-3-4-10-17/h5,7,12,14-15,18H,2-4,6,8-11,13H2,1H3. The second-order valence-electron chi connectivity index (χ2n) is 6.45. The highest BCUT2D eigenvalue weighted by atomic mass is 32.1. The molecule has 1 saturated heterocycles. The SMILES string of the molecule is CCCC(NC1CCOC2(CCCC2)C1)c1cccs1. The van der Waals surface area contributed by atoms with Gasteiger partial charge in [0, 0.05) is 23.6 Å². The molecule has 1 aromatic heterocycles. The molecule has 1 spiro atoms. The lowest BCUT2D eigenvalue weighted by Gasteiger charge is -2.40. The lowest BCUT2D eigenvalue weighted by atomic mass is 9.88. The molecular weight excluding hydrogens is 266 g/mol. The summed E-state index contributed by atoms with van der Waals surface area (Å²) in [6, 6.07) is 5.64. The summed E-state index contributed by atoms with van der Waals surface area (Å²) in [5, 5.41) is 6.14. The summed E-state index contributed by atoms with van der Waals surface area (Å²) in [5.41, 5.74) is 0.224. The van der Waals surface area contributed by atoms with E-state index in [1.807, 2.05) is 11.3 Å². The van der Waals surface area contributed by atoms with Crippen molar-refractivity contribution in [3.8, 4) is 0 Å². The normalized spacial score (nSPS) is 26.9. The molecule has 2 nitrogen and oxygen atoms in total. The molecule has 3 rings (SSSR count). The molecule has 0 radical (unpaired) electrons. The maximum absolute atomic E-state index is 6.15. The van der Waals surface area contributed by atoms with E-state index in [1.165, 1.54) is 56.2 Å². The molecule has 1 aromatic rings. The van der Waals surface area contributed by atoms with Crippen LogP contribution in [0.25, 0.3) is 0 Å². The summed E-state index contributed by atoms with van der Waals surface area (Å²) >= 11 is 1.89. The van der Waals surface area contributed by atoms with Crippen LogP contribution in [0.3, 0.4) is 0 Å². The lowest BCUT2D eigenvalue weighted by molar-refractivity contribution is -0.0848. The number of hydrogen-bond acceptors (Lipinski definition) is 3. The highest BCUT2D eigenvalue weighted by Crippen LogP contribution is 2.40. The van der Waals surface area contributed by atoms with Crippen molar-refractivity contribution in [2.45, 2.75) is 76.0 Å². The van der Waals surface area contributed by atoms with Crippen molar-refractivity contribution in [2.24, 2.45) is 0 Å². The van der Waals surface area contributed by atoms with E-state index in [-0.39, 0.29) is 5.60 Å². The van der Waals surface area contributed by atoms with Crippen LogP contribution in [0.5, 0.6) is 0 Å². The molecule has 2 fully saturated rings. The zero-order chi connectivity index (χ0) is 13.8. The smallest absolute Gasteiger partial charge is 0.0697 e. The average molecular weight is 293 g/mol. The third kappa shape index (κ3) is 3.26. The molecule has 0 bridgehead atoms. The van der Waals surface area contributed by atoms with Gasteiger partial charge in [-0.25, -0.2) is 0 Å². The fraction of sp³-hybridized carbons (Fsp3) is 0.765. The number of thiophene rings is 1. The van der Waals surface area contributed by atoms with Crippen LogP contribution in [0.1, 0.15) is 69.2 Å². The van der Waals surface area contributed by atoms with Crippen LogP contribution in [0, 0.1) is 0 Å². The first-order valence-corrected chi connectivity index (χ1v) is 9.13. The van der Waals surface area contributed by atoms with Gasteiger partial charge in [0.25, 0.3) is 0 Å². The molecule has 1 N–H and O–H groups in total. The Morgan fingerprint density at radius 1 is 1.45 bits per heavy atom. The van der Waals surface area contributed by atoms with Gasteiger partial charge in [0.05, 0.1) is 5.60 Å². The summed E-state index contributed by atoms with van der Waals surface area (Å²) in [6.07, 6.45) is 10.2. The van der Waals surface area contributed by atoms with Gasteiger partial charge in [-0.1, -0.05) is 32.3 Å². The monoisotopic (exact) mass is 293 g/mol. The van der Waals surface area contributed by atoms with Gasteiger partial charge in [0.15, 0.2) is 0 Å². The van der Waals surface area contributed by atoms with Gasteiger partial charge >= 0.3 is 0 Å². The second-order valence-corrected chi connectivity index (χ2v) is 7.43. The van der Waals surface area contributed by atoms with Crippen molar-refractivity contribution >= 4 is 11.3 Å². The van der Waals surface area contributed by atoms with Crippen LogP contribution < -0.4 is 5.32 Å². The fourth-order valence-corrected chi connectivity index (χ4v) is 4.73. The van der Waals surface area contributed by atoms with Crippen molar-refractivity contribution in [3.63, 3.8) is 0 Å². The molecule has 1 saturated carbocycles. The number of ether oxygens (including phenoxy) is 1. The quantitative estimate of drug-likeness (QED) is 0.851. The van der Waals surface area contributed by atoms with E-state index in [9.17, 15) is 0 Å². The molecule has 2 aliphatic rings. The first-order chi connectivity index (χ1) is 9.81. The Morgan fingerprint density at radius 3 is 3.00 bits per heavy atom. The summed E-state index contributed by atoms with van der Waals surface area (Å²) in [6.45, 7) is 3.23. The minimum absolute atomic E-state index is 0.224. The van der Waals surface area contributed by atoms with Crippen molar-refractivity contribution < 1.29 is 4.74 Å². The maximum atomic E-state index is 6.15. The van der Waals surface area contributed by atoms with E-state index < -0.39 is 0 Å². The molecule has 1 aliphatic heterocycles. The van der Waals surface area contributed by atoms with Crippen LogP contribution in [-0.4, -0.2) is 18.2 Å². The molecular formula is C17H27NOS. The first kappa shape index (κ1) is 14.6. The van der Waals surface area contributed by atoms with Crippen molar-refractivity contribution in [1.82, 2.24) is 5.32 Å². The summed E-state index contributed by atoms with van der Waals surface area (Å²) in [5.74, 6) is 0. The third-order valence-corrected chi connectivity index (χ3v) is 5.89. The van der Waals surface area contributed by atoms with Gasteiger partial charge in [-0.05, 0) is 43.6 Å². The molecule has 2 heterocycles. The number of rotatable bonds is 5. The molecule has 20 heavy (non-hydrogen) atoms. The Hall–Kier alpha value is -0.380. The maximum Gasteiger partial charge on any atom is 0.0697 e. The average Bonchev–Trinajstić information content (AvgIpc) is 3.11. The van der Waals surface area contributed by atoms with Gasteiger partial charge in [-0.3, -0.25) is 0 Å². The van der Waals surface area contributed by atoms with E-state index in [1.54, 1.807) is 0 Å². The number of hydrogen-bond donors (Lipinski definition) is 1. The van der Waals surface area contributed by atoms with E-state index >= 15 is 0 Å². The highest BCUT2D eigenvalue weighted by molar-refractivity contribution is 7.10. The van der Waals surface area contributed by atoms with E-state index in [4.69, 9.17) is 4.74 Å². The van der Waals surface area contributed by atoms with Crippen LogP contribution in [-0.2, 0) is 4.74 Å². The Balaban J connectivity index is 1.63. The molecule has 1 aliphatic carbocycles. The van der Waals surface area contributed by atoms with Gasteiger partial charge in [-0.2, -0.15) is 0 Å². The van der Waals surface area contributed by atoms with Gasteiger partial charge < -0.3 is 10.1 Å². The van der Waals surface area contributed by atoms with Crippen LogP contribution in [0.4, 0.5) is 0 Å². The van der Waals surface area contributed by atoms with Crippen LogP contribution in [0.15, 0.2) is 17.5 Å². The summed E-state index contributed by atoms with van der Waals surface area (Å²) < 4.78 is 6.15. The largest absolute Gasteiger partial charge is 0.375 e. The van der Waals surface area contributed by atoms with Gasteiger partial charge in [-0.15, -0.1) is 11.3 Å². The Bertz CT molecular complexity index is 397. The minimum atomic E-state index is 0.224. The van der Waals surface area contributed by atoms with E-state index in [0.29, 0.717) is 12.1 Å². The fourth-order valence-electron chi connectivity index (χ4n) is 3.91. The molecule has 2 unspecified atom stereocenters. The molecule has 112 valence electrons. The third-order valence-electron chi connectivity index (χ3n) is 4.91. The molecule has 3 heteroatoms. The lowest BCUT2D eigenvalue weighted by Crippen LogP contribution is -2.46. The molecule has 0 amide bonds. The Kier molecular flexibility index (Phi) is 4.79. The van der Waals surface area contributed by atoms with Crippen LogP contribution >= 0.6 is 11.3 Å². The molecule has 2 atom stereocenters. The Morgan fingerprint density at radius 2 is 2.30 bits per heavy atom. The van der Waals surface area contributed by atoms with Gasteiger partial charge in [0.2, 0.25) is 0 Å². The minimum Gasteiger partial charge on any atom is -0.375 e. The predicted octanol–water partition coefficient (Wildman–Crippen LogP) is 4.67. The topological polar surface area (TPSA) is 21.3 Å². The zero-order valence-corrected chi connectivity index (χ0v) is 13.4. The van der Waals surface area contributed by atoms with E-state index in [2.05, 4.69) is 29.8 Å². The first-order valence-electron chi connectivity index (χ1n) is 8.25. The van der Waals surface area contributed by atoms with Crippen LogP contribution in [0.2, 0.25) is 0 Å². The summed E-state index contributed by atoms with van der Waals surface area (Å²) in [7, 11) is 0. The Labute approximate surface area is 126 Å². The van der Waals surface area contributed by atoms with E-state index in [0.717, 1.165) is 6.61 Å². The van der Waals surface area contributed by atoms with Crippen molar-refractivity contribution in [2.75, 3.05) is 6.61 Å². The zero-order valence-electron chi connectivity index (χ0n) is 12.6. The van der Waals surface area contributed by atoms with Crippen molar-refractivity contribution in [1.29, 1.82) is 0 Å². The second kappa shape index (κ2) is 6.59. The highest BCUT2D eigenvalue weighted by Gasteiger charge is 2.40. The van der Waals surface area contributed by atoms with Gasteiger partial charge in [0.1, 0.15) is 0 Å². The van der Waals surface area contributed by atoms with Crippen molar-refractivity contribution in [3.05, 3.63) is 22.4 Å². The summed E-state index contributed by atoms with van der Waals surface area (Å²) in [4.78, 5) is 1.50. The number of nitrogens with one attached hydrogen (secondary N) is 1. The molecule has 0 aromatic carbocycles. The predicted molar refractivity (Wildman–Crippen MR) is 85.3 cm³/mol.